The number of likely N-dealkylation sites (tertiary alicyclic amines) is 1. The molecule has 0 aromatic heterocycles. The highest BCUT2D eigenvalue weighted by atomic mass is 32.1. The number of piperidine rings is 1. The van der Waals surface area contributed by atoms with Crippen molar-refractivity contribution in [1.82, 2.24) is 9.80 Å². The van der Waals surface area contributed by atoms with E-state index in [0.29, 0.717) is 22.9 Å². The van der Waals surface area contributed by atoms with Crippen molar-refractivity contribution in [2.24, 2.45) is 10.9 Å². The van der Waals surface area contributed by atoms with Gasteiger partial charge in [0.15, 0.2) is 5.11 Å². The normalized spacial score (nSPS) is 21.2. The molecule has 1 saturated heterocycles. The summed E-state index contributed by atoms with van der Waals surface area (Å²) in [6.07, 6.45) is 2.05. The van der Waals surface area contributed by atoms with E-state index < -0.39 is 22.9 Å². The van der Waals surface area contributed by atoms with Gasteiger partial charge in [-0.15, -0.1) is 0 Å². The molecular formula is C27H32N4O4S. The maximum atomic E-state index is 13.6. The molecular weight excluding hydrogens is 476 g/mol. The zero-order valence-electron chi connectivity index (χ0n) is 20.7. The van der Waals surface area contributed by atoms with E-state index >= 15 is 0 Å². The maximum Gasteiger partial charge on any atom is 0.317 e. The van der Waals surface area contributed by atoms with E-state index in [2.05, 4.69) is 22.0 Å². The van der Waals surface area contributed by atoms with Crippen LogP contribution in [-0.2, 0) is 16.1 Å². The number of carbonyl (C=O) groups excluding carboxylic acids is 1. The Kier molecular flexibility index (Phi) is 8.43. The van der Waals surface area contributed by atoms with Gasteiger partial charge < -0.3 is 9.64 Å². The highest BCUT2D eigenvalue weighted by Crippen LogP contribution is 2.39. The van der Waals surface area contributed by atoms with Gasteiger partial charge in [-0.3, -0.25) is 19.8 Å². The monoisotopic (exact) mass is 508 g/mol. The van der Waals surface area contributed by atoms with Crippen molar-refractivity contribution in [3.8, 4) is 0 Å². The molecule has 2 atom stereocenters. The standard InChI is InChI=1S/C27H32N4O4S/c1-3-15-30-25(22-11-7-8-12-23(22)31(33)34)24(19(2)28-27(30)36)26(32)35-21-13-16-29(17-14-21)18-20-9-5-4-6-10-20/h4-12,21,24-25H,3,13-18H2,1-2H3. The lowest BCUT2D eigenvalue weighted by molar-refractivity contribution is -0.386. The smallest absolute Gasteiger partial charge is 0.317 e. The fourth-order valence-electron chi connectivity index (χ4n) is 5.10. The van der Waals surface area contributed by atoms with E-state index in [4.69, 9.17) is 17.0 Å². The number of nitro groups is 1. The fraction of sp³-hybridized carbons (Fsp3) is 0.444. The number of hydrogen-bond acceptors (Lipinski definition) is 6. The van der Waals surface area contributed by atoms with Gasteiger partial charge in [-0.25, -0.2) is 4.99 Å². The Morgan fingerprint density at radius 1 is 1.14 bits per heavy atom. The zero-order chi connectivity index (χ0) is 25.7. The third kappa shape index (κ3) is 5.79. The Labute approximate surface area is 217 Å². The van der Waals surface area contributed by atoms with Gasteiger partial charge in [0.05, 0.1) is 16.5 Å². The molecule has 2 aromatic rings. The predicted octanol–water partition coefficient (Wildman–Crippen LogP) is 4.93. The van der Waals surface area contributed by atoms with E-state index in [1.807, 2.05) is 30.0 Å². The molecule has 4 rings (SSSR count). The number of thiocarbonyl (C=S) groups is 1. The van der Waals surface area contributed by atoms with Crippen LogP contribution in [0.4, 0.5) is 5.69 Å². The number of nitro benzene ring substituents is 1. The lowest BCUT2D eigenvalue weighted by Crippen LogP contribution is -2.48. The van der Waals surface area contributed by atoms with Crippen molar-refractivity contribution in [3.05, 3.63) is 75.8 Å². The first-order valence-corrected chi connectivity index (χ1v) is 12.9. The van der Waals surface area contributed by atoms with Crippen LogP contribution in [0.25, 0.3) is 0 Å². The molecule has 2 aliphatic rings. The average Bonchev–Trinajstić information content (AvgIpc) is 2.87. The molecule has 8 nitrogen and oxygen atoms in total. The second-order valence-electron chi connectivity index (χ2n) is 9.37. The van der Waals surface area contributed by atoms with Crippen molar-refractivity contribution in [2.45, 2.75) is 51.8 Å². The van der Waals surface area contributed by atoms with Crippen LogP contribution in [-0.4, -0.2) is 57.3 Å². The molecule has 0 bridgehead atoms. The summed E-state index contributed by atoms with van der Waals surface area (Å²) < 4.78 is 6.03. The molecule has 0 aliphatic carbocycles. The van der Waals surface area contributed by atoms with Crippen molar-refractivity contribution >= 4 is 34.7 Å². The second kappa shape index (κ2) is 11.7. The van der Waals surface area contributed by atoms with Gasteiger partial charge in [0.2, 0.25) is 0 Å². The van der Waals surface area contributed by atoms with Crippen molar-refractivity contribution < 1.29 is 14.5 Å². The molecule has 2 heterocycles. The molecule has 0 spiro atoms. The number of ether oxygens (including phenoxy) is 1. The Balaban J connectivity index is 1.52. The van der Waals surface area contributed by atoms with Crippen molar-refractivity contribution in [1.29, 1.82) is 0 Å². The zero-order valence-corrected chi connectivity index (χ0v) is 21.5. The summed E-state index contributed by atoms with van der Waals surface area (Å²) in [6, 6.07) is 16.2. The van der Waals surface area contributed by atoms with Crippen LogP contribution in [0.1, 0.15) is 50.3 Å². The Morgan fingerprint density at radius 3 is 2.47 bits per heavy atom. The quantitative estimate of drug-likeness (QED) is 0.216. The summed E-state index contributed by atoms with van der Waals surface area (Å²) >= 11 is 5.53. The van der Waals surface area contributed by atoms with Gasteiger partial charge in [-0.1, -0.05) is 55.5 Å². The van der Waals surface area contributed by atoms with Crippen LogP contribution in [0.2, 0.25) is 0 Å². The third-order valence-corrected chi connectivity index (χ3v) is 7.18. The molecule has 0 radical (unpaired) electrons. The van der Waals surface area contributed by atoms with Crippen LogP contribution in [0.5, 0.6) is 0 Å². The van der Waals surface area contributed by atoms with Crippen LogP contribution >= 0.6 is 12.2 Å². The number of rotatable bonds is 8. The lowest BCUT2D eigenvalue weighted by atomic mass is 9.86. The Hall–Kier alpha value is -3.17. The van der Waals surface area contributed by atoms with E-state index in [9.17, 15) is 14.9 Å². The number of carbonyl (C=O) groups is 1. The lowest BCUT2D eigenvalue weighted by Gasteiger charge is -2.40. The number of benzene rings is 2. The molecule has 1 fully saturated rings. The van der Waals surface area contributed by atoms with Crippen molar-refractivity contribution in [2.75, 3.05) is 19.6 Å². The minimum atomic E-state index is -0.772. The van der Waals surface area contributed by atoms with Gasteiger partial charge in [0, 0.05) is 38.0 Å². The average molecular weight is 509 g/mol. The number of aliphatic imine (C=N–C) groups is 1. The number of hydrogen-bond donors (Lipinski definition) is 0. The Morgan fingerprint density at radius 2 is 1.81 bits per heavy atom. The maximum absolute atomic E-state index is 13.6. The number of esters is 1. The van der Waals surface area contributed by atoms with Gasteiger partial charge >= 0.3 is 5.97 Å². The molecule has 190 valence electrons. The molecule has 2 aliphatic heterocycles. The highest BCUT2D eigenvalue weighted by Gasteiger charge is 2.44. The van der Waals surface area contributed by atoms with Crippen LogP contribution in [0.15, 0.2) is 59.6 Å². The van der Waals surface area contributed by atoms with Crippen LogP contribution < -0.4 is 0 Å². The first kappa shape index (κ1) is 25.9. The van der Waals surface area contributed by atoms with E-state index in [1.165, 1.54) is 11.6 Å². The van der Waals surface area contributed by atoms with Crippen LogP contribution in [0, 0.1) is 16.0 Å². The first-order valence-electron chi connectivity index (χ1n) is 12.4. The first-order chi connectivity index (χ1) is 17.4. The van der Waals surface area contributed by atoms with Gasteiger partial charge in [0.1, 0.15) is 12.0 Å². The number of nitrogens with zero attached hydrogens (tertiary/aromatic N) is 4. The van der Waals surface area contributed by atoms with Gasteiger partial charge in [-0.05, 0) is 44.0 Å². The molecule has 2 aromatic carbocycles. The molecule has 0 amide bonds. The third-order valence-electron chi connectivity index (χ3n) is 6.86. The Bertz CT molecular complexity index is 1130. The summed E-state index contributed by atoms with van der Waals surface area (Å²) in [4.78, 5) is 33.7. The predicted molar refractivity (Wildman–Crippen MR) is 143 cm³/mol. The second-order valence-corrected chi connectivity index (χ2v) is 9.73. The molecule has 0 N–H and O–H groups in total. The van der Waals surface area contributed by atoms with Gasteiger partial charge in [0.25, 0.3) is 5.69 Å². The SMILES string of the molecule is CCCN1C(=S)N=C(C)C(C(=O)OC2CCN(Cc3ccccc3)CC2)C1c1ccccc1[N+](=O)[O-]. The summed E-state index contributed by atoms with van der Waals surface area (Å²) in [5.74, 6) is -1.17. The number of para-hydroxylation sites is 1. The molecule has 2 unspecified atom stereocenters. The van der Waals surface area contributed by atoms with E-state index in [1.54, 1.807) is 25.1 Å². The summed E-state index contributed by atoms with van der Waals surface area (Å²) in [5, 5.41) is 12.2. The summed E-state index contributed by atoms with van der Waals surface area (Å²) in [5.41, 5.74) is 2.21. The molecule has 9 heteroatoms. The van der Waals surface area contributed by atoms with E-state index in [0.717, 1.165) is 38.9 Å². The molecule has 36 heavy (non-hydrogen) atoms. The minimum absolute atomic E-state index is 0.0341. The fourth-order valence-corrected chi connectivity index (χ4v) is 5.45. The summed E-state index contributed by atoms with van der Waals surface area (Å²) in [7, 11) is 0. The minimum Gasteiger partial charge on any atom is -0.462 e. The van der Waals surface area contributed by atoms with E-state index in [-0.39, 0.29) is 11.8 Å². The molecule has 0 saturated carbocycles. The largest absolute Gasteiger partial charge is 0.462 e. The van der Waals surface area contributed by atoms with Gasteiger partial charge in [-0.2, -0.15) is 0 Å². The topological polar surface area (TPSA) is 88.3 Å². The summed E-state index contributed by atoms with van der Waals surface area (Å²) in [6.45, 7) is 6.84. The highest BCUT2D eigenvalue weighted by molar-refractivity contribution is 7.80. The van der Waals surface area contributed by atoms with Crippen LogP contribution in [0.3, 0.4) is 0 Å². The van der Waals surface area contributed by atoms with Crippen molar-refractivity contribution in [3.63, 3.8) is 0 Å².